The molecule has 0 spiro atoms. The van der Waals surface area contributed by atoms with E-state index in [4.69, 9.17) is 5.41 Å². The summed E-state index contributed by atoms with van der Waals surface area (Å²) < 4.78 is 0. The first kappa shape index (κ1) is 23.3. The molecule has 0 fully saturated rings. The van der Waals surface area contributed by atoms with Crippen molar-refractivity contribution in [3.63, 3.8) is 0 Å². The Morgan fingerprint density at radius 3 is 2.30 bits per heavy atom. The first-order valence-electron chi connectivity index (χ1n) is 10.7. The summed E-state index contributed by atoms with van der Waals surface area (Å²) in [6.45, 7) is 2.18. The van der Waals surface area contributed by atoms with Crippen LogP contribution in [0.5, 0.6) is 0 Å². The fraction of sp³-hybridized carbons (Fsp3) is 0.0714. The summed E-state index contributed by atoms with van der Waals surface area (Å²) in [5.41, 5.74) is 8.34. The van der Waals surface area contributed by atoms with Crippen LogP contribution >= 0.6 is 28.4 Å². The van der Waals surface area contributed by atoms with Crippen molar-refractivity contribution in [2.45, 2.75) is 13.3 Å². The summed E-state index contributed by atoms with van der Waals surface area (Å²) >= 11 is 2.30. The van der Waals surface area contributed by atoms with Crippen LogP contribution in [0, 0.1) is 5.41 Å². The molecule has 2 N–H and O–H groups in total. The lowest BCUT2D eigenvalue weighted by Gasteiger charge is -2.18. The van der Waals surface area contributed by atoms with Gasteiger partial charge in [-0.05, 0) is 91.3 Å². The summed E-state index contributed by atoms with van der Waals surface area (Å²) in [6.07, 6.45) is 3.71. The summed E-state index contributed by atoms with van der Waals surface area (Å²) in [5.74, 6) is 0. The van der Waals surface area contributed by atoms with Crippen LogP contribution in [0.25, 0.3) is 21.9 Å². The molecule has 5 heteroatoms. The van der Waals surface area contributed by atoms with Gasteiger partial charge in [-0.1, -0.05) is 67.6 Å². The normalized spacial score (nSPS) is 12.1. The van der Waals surface area contributed by atoms with Crippen LogP contribution in [0.2, 0.25) is 0 Å². The number of benzene rings is 4. The minimum Gasteiger partial charge on any atom is -0.358 e. The van der Waals surface area contributed by atoms with E-state index in [1.807, 2.05) is 24.3 Å². The maximum atomic E-state index is 11.2. The molecular weight excluding hydrogens is 538 g/mol. The number of anilines is 1. The highest BCUT2D eigenvalue weighted by Gasteiger charge is 2.15. The largest absolute Gasteiger partial charge is 0.358 e. The van der Waals surface area contributed by atoms with Crippen LogP contribution in [0.15, 0.2) is 84.9 Å². The molecule has 164 valence electrons. The lowest BCUT2D eigenvalue weighted by atomic mass is 9.86. The lowest BCUT2D eigenvalue weighted by Crippen LogP contribution is -1.98. The third-order valence-electron chi connectivity index (χ3n) is 5.74. The number of nitrogens with one attached hydrogen (secondary N) is 2. The van der Waals surface area contributed by atoms with E-state index in [0.29, 0.717) is 11.9 Å². The van der Waals surface area contributed by atoms with Gasteiger partial charge in [-0.15, -0.1) is 0 Å². The Hall–Kier alpha value is -2.82. The highest BCUT2D eigenvalue weighted by Crippen LogP contribution is 2.37. The van der Waals surface area contributed by atoms with Crippen molar-refractivity contribution in [3.05, 3.63) is 113 Å². The fourth-order valence-electron chi connectivity index (χ4n) is 4.18. The number of aldehydes is 1. The Kier molecular flexibility index (Phi) is 7.69. The second kappa shape index (κ2) is 10.9. The van der Waals surface area contributed by atoms with Crippen LogP contribution in [-0.4, -0.2) is 12.5 Å². The quantitative estimate of drug-likeness (QED) is 0.0746. The van der Waals surface area contributed by atoms with Crippen LogP contribution in [-0.2, 0) is 0 Å². The molecule has 0 aliphatic heterocycles. The number of halogens is 1. The molecule has 4 rings (SSSR count). The molecule has 1 unspecified atom stereocenters. The van der Waals surface area contributed by atoms with Gasteiger partial charge >= 0.3 is 0 Å². The van der Waals surface area contributed by atoms with Crippen LogP contribution in [0.4, 0.5) is 5.69 Å². The van der Waals surface area contributed by atoms with E-state index >= 15 is 0 Å². The molecule has 0 saturated heterocycles. The molecule has 1 atom stereocenters. The van der Waals surface area contributed by atoms with E-state index in [0.717, 1.165) is 51.4 Å². The van der Waals surface area contributed by atoms with Gasteiger partial charge < -0.3 is 10.5 Å². The Morgan fingerprint density at radius 2 is 1.61 bits per heavy atom. The van der Waals surface area contributed by atoms with Crippen molar-refractivity contribution in [3.8, 4) is 0 Å². The first-order valence-corrected chi connectivity index (χ1v) is 14.8. The fourth-order valence-corrected chi connectivity index (χ4v) is 5.38. The molecule has 0 aliphatic rings. The van der Waals surface area contributed by atoms with Crippen LogP contribution in [0.1, 0.15) is 46.0 Å². The highest BCUT2D eigenvalue weighted by molar-refractivity contribution is 14.2. The predicted molar refractivity (Wildman–Crippen MR) is 152 cm³/mol. The molecule has 0 amide bonds. The van der Waals surface area contributed by atoms with E-state index in [2.05, 4.69) is 94.7 Å². The number of hydrogen-bond acceptors (Lipinski definition) is 3. The molecule has 4 aromatic rings. The highest BCUT2D eigenvalue weighted by atomic mass is 127. The maximum Gasteiger partial charge on any atom is 0.150 e. The number of carbonyl (C=O) groups excluding carboxylic acids is 1. The second-order valence-electron chi connectivity index (χ2n) is 7.68. The standard InChI is InChI=1S/C28H24IN2OP/c1-2-26(20-6-4-3-5-7-20)28(24-12-13-27(31-33-29)25(16-24)17-30)23-11-10-21-14-19(18-32)8-9-22(21)15-23/h3-18,30-31,33H,2H2,1H3/b28-26+,30-17?. The summed E-state index contributed by atoms with van der Waals surface area (Å²) in [7, 11) is 0. The Balaban J connectivity index is 1.98. The average Bonchev–Trinajstić information content (AvgIpc) is 2.87. The maximum absolute atomic E-state index is 11.2. The lowest BCUT2D eigenvalue weighted by molar-refractivity contribution is 0.112. The number of carbonyl (C=O) groups is 1. The minimum atomic E-state index is 0.539. The molecule has 0 aromatic heterocycles. The van der Waals surface area contributed by atoms with Gasteiger partial charge in [-0.25, -0.2) is 0 Å². The zero-order valence-electron chi connectivity index (χ0n) is 18.2. The van der Waals surface area contributed by atoms with E-state index < -0.39 is 0 Å². The molecule has 0 saturated carbocycles. The van der Waals surface area contributed by atoms with Gasteiger partial charge in [-0.3, -0.25) is 4.79 Å². The molecule has 0 radical (unpaired) electrons. The summed E-state index contributed by atoms with van der Waals surface area (Å²) in [6, 6.07) is 29.0. The average molecular weight is 562 g/mol. The molecule has 0 heterocycles. The zero-order chi connectivity index (χ0) is 23.2. The van der Waals surface area contributed by atoms with E-state index in [1.165, 1.54) is 17.4 Å². The summed E-state index contributed by atoms with van der Waals surface area (Å²) in [5, 5.41) is 13.5. The topological polar surface area (TPSA) is 53.0 Å². The van der Waals surface area contributed by atoms with Gasteiger partial charge in [0.1, 0.15) is 6.29 Å². The smallest absolute Gasteiger partial charge is 0.150 e. The molecule has 3 nitrogen and oxygen atoms in total. The number of hydrogen-bond donors (Lipinski definition) is 2. The Bertz CT molecular complexity index is 1350. The minimum absolute atomic E-state index is 0.539. The monoisotopic (exact) mass is 562 g/mol. The van der Waals surface area contributed by atoms with Crippen molar-refractivity contribution in [1.29, 1.82) is 5.41 Å². The third-order valence-corrected chi connectivity index (χ3v) is 6.92. The molecule has 0 aliphatic carbocycles. The van der Waals surface area contributed by atoms with Crippen LogP contribution < -0.4 is 5.09 Å². The van der Waals surface area contributed by atoms with Gasteiger partial charge in [-0.2, -0.15) is 0 Å². The third kappa shape index (κ3) is 5.07. The van der Waals surface area contributed by atoms with E-state index in [-0.39, 0.29) is 0 Å². The van der Waals surface area contributed by atoms with E-state index in [9.17, 15) is 4.79 Å². The Morgan fingerprint density at radius 1 is 0.909 bits per heavy atom. The van der Waals surface area contributed by atoms with Gasteiger partial charge in [0, 0.05) is 29.4 Å². The van der Waals surface area contributed by atoms with Crippen molar-refractivity contribution in [2.24, 2.45) is 0 Å². The predicted octanol–water partition coefficient (Wildman–Crippen LogP) is 8.37. The molecule has 4 aromatic carbocycles. The number of fused-ring (bicyclic) bond motifs is 1. The van der Waals surface area contributed by atoms with Crippen molar-refractivity contribution < 1.29 is 4.79 Å². The van der Waals surface area contributed by atoms with Crippen molar-refractivity contribution in [1.82, 2.24) is 0 Å². The number of rotatable bonds is 8. The van der Waals surface area contributed by atoms with Gasteiger partial charge in [0.05, 0.1) is 0 Å². The van der Waals surface area contributed by atoms with Crippen LogP contribution in [0.3, 0.4) is 0 Å². The Labute approximate surface area is 209 Å². The first-order chi connectivity index (χ1) is 16.2. The molecule has 33 heavy (non-hydrogen) atoms. The number of allylic oxidation sites excluding steroid dienone is 1. The molecular formula is C28H24IN2OP. The van der Waals surface area contributed by atoms with Crippen molar-refractivity contribution in [2.75, 3.05) is 5.09 Å². The summed E-state index contributed by atoms with van der Waals surface area (Å²) in [4.78, 5) is 11.2. The van der Waals surface area contributed by atoms with E-state index in [1.54, 1.807) is 0 Å². The van der Waals surface area contributed by atoms with Gasteiger partial charge in [0.15, 0.2) is 0 Å². The van der Waals surface area contributed by atoms with Gasteiger partial charge in [0.25, 0.3) is 0 Å². The molecule has 0 bridgehead atoms. The van der Waals surface area contributed by atoms with Gasteiger partial charge in [0.2, 0.25) is 0 Å². The second-order valence-corrected chi connectivity index (χ2v) is 9.74. The van der Waals surface area contributed by atoms with Crippen molar-refractivity contribution >= 4 is 68.5 Å². The zero-order valence-corrected chi connectivity index (χ0v) is 21.4. The SMILES string of the molecule is CC/C(=C(\c1ccc(NPI)c(C=N)c1)c1ccc2cc(C=O)ccc2c1)c1ccccc1.